The third kappa shape index (κ3) is 3.98. The minimum absolute atomic E-state index is 0.0680. The van der Waals surface area contributed by atoms with Gasteiger partial charge in [0.25, 0.3) is 0 Å². The highest BCUT2D eigenvalue weighted by atomic mass is 19.1. The van der Waals surface area contributed by atoms with Crippen LogP contribution in [-0.4, -0.2) is 16.9 Å². The minimum Gasteiger partial charge on any atom is -0.478 e. The van der Waals surface area contributed by atoms with Crippen molar-refractivity contribution in [1.29, 1.82) is 0 Å². The van der Waals surface area contributed by atoms with Crippen molar-refractivity contribution in [3.05, 3.63) is 64.5 Å². The summed E-state index contributed by atoms with van der Waals surface area (Å²) in [6, 6.07) is 10.1. The first kappa shape index (κ1) is 20.6. The number of carbonyl (C=O) groups excluding carboxylic acids is 1. The summed E-state index contributed by atoms with van der Waals surface area (Å²) in [7, 11) is 0. The van der Waals surface area contributed by atoms with E-state index in [0.717, 1.165) is 42.5 Å². The van der Waals surface area contributed by atoms with E-state index in [9.17, 15) is 19.1 Å². The van der Waals surface area contributed by atoms with Crippen molar-refractivity contribution < 1.29 is 19.1 Å². The molecule has 0 spiro atoms. The number of carbonyl (C=O) groups is 2. The molecular weight excluding hydrogens is 381 g/mol. The molecule has 2 N–H and O–H groups in total. The maximum absolute atomic E-state index is 14.5. The lowest BCUT2D eigenvalue weighted by Crippen LogP contribution is -2.35. The summed E-state index contributed by atoms with van der Waals surface area (Å²) in [6.45, 7) is 4.24. The van der Waals surface area contributed by atoms with E-state index < -0.39 is 5.97 Å². The summed E-state index contributed by atoms with van der Waals surface area (Å²) in [5, 5.41) is 12.8. The van der Waals surface area contributed by atoms with E-state index in [-0.39, 0.29) is 41.0 Å². The van der Waals surface area contributed by atoms with Gasteiger partial charge >= 0.3 is 5.97 Å². The number of rotatable bonds is 5. The second-order valence-electron chi connectivity index (χ2n) is 9.40. The van der Waals surface area contributed by atoms with E-state index in [0.29, 0.717) is 12.0 Å². The Bertz CT molecular complexity index is 992. The molecule has 30 heavy (non-hydrogen) atoms. The average molecular weight is 410 g/mol. The van der Waals surface area contributed by atoms with Crippen LogP contribution in [0.2, 0.25) is 0 Å². The van der Waals surface area contributed by atoms with Crippen LogP contribution in [0, 0.1) is 17.2 Å². The van der Waals surface area contributed by atoms with E-state index in [1.54, 1.807) is 24.3 Å². The van der Waals surface area contributed by atoms with Gasteiger partial charge in [0.2, 0.25) is 0 Å². The number of carboxylic acid groups (broad SMARTS) is 1. The van der Waals surface area contributed by atoms with Gasteiger partial charge in [-0.05, 0) is 65.6 Å². The van der Waals surface area contributed by atoms with E-state index in [2.05, 4.69) is 19.2 Å². The molecule has 1 unspecified atom stereocenters. The molecule has 1 atom stereocenters. The molecule has 0 saturated heterocycles. The van der Waals surface area contributed by atoms with Crippen molar-refractivity contribution in [3.8, 4) is 0 Å². The quantitative estimate of drug-likeness (QED) is 0.678. The number of nitrogens with one attached hydrogen (secondary N) is 1. The molecule has 4 nitrogen and oxygen atoms in total. The molecule has 158 valence electrons. The number of anilines is 1. The Labute approximate surface area is 176 Å². The molecule has 4 rings (SSSR count). The predicted octanol–water partition coefficient (Wildman–Crippen LogP) is 5.56. The number of Topliss-reactive ketones (excluding diaryl/α,β-unsaturated/α-hetero) is 1. The van der Waals surface area contributed by atoms with E-state index in [1.165, 1.54) is 6.07 Å². The summed E-state index contributed by atoms with van der Waals surface area (Å²) in [4.78, 5) is 23.9. The van der Waals surface area contributed by atoms with Crippen molar-refractivity contribution in [2.45, 2.75) is 58.4 Å². The summed E-state index contributed by atoms with van der Waals surface area (Å²) in [5.41, 5.74) is 3.35. The van der Waals surface area contributed by atoms with Gasteiger partial charge in [0, 0.05) is 18.0 Å². The smallest absolute Gasteiger partial charge is 0.335 e. The lowest BCUT2D eigenvalue weighted by molar-refractivity contribution is -0.122. The number of aromatic carboxylic acids is 1. The lowest BCUT2D eigenvalue weighted by atomic mass is 9.72. The zero-order valence-electron chi connectivity index (χ0n) is 17.5. The molecule has 1 aliphatic heterocycles. The predicted molar refractivity (Wildman–Crippen MR) is 114 cm³/mol. The topological polar surface area (TPSA) is 66.4 Å². The molecular formula is C25H28FNO3. The van der Waals surface area contributed by atoms with E-state index >= 15 is 0 Å². The van der Waals surface area contributed by atoms with Crippen LogP contribution in [0.4, 0.5) is 10.1 Å². The Hall–Kier alpha value is -2.69. The molecule has 2 aromatic rings. The molecule has 0 aromatic heterocycles. The van der Waals surface area contributed by atoms with Gasteiger partial charge < -0.3 is 10.4 Å². The van der Waals surface area contributed by atoms with Crippen LogP contribution >= 0.6 is 0 Å². The summed E-state index contributed by atoms with van der Waals surface area (Å²) >= 11 is 0. The largest absolute Gasteiger partial charge is 0.478 e. The van der Waals surface area contributed by atoms with Crippen LogP contribution in [0.5, 0.6) is 0 Å². The number of fused-ring (bicyclic) bond motifs is 1. The SMILES string of the molecule is CC1(C)Cc2cc(C(=O)O)ccc2NC1c1ccc(F)c(CC(=O)C2CCCC2)c1. The van der Waals surface area contributed by atoms with Crippen LogP contribution in [0.3, 0.4) is 0 Å². The summed E-state index contributed by atoms with van der Waals surface area (Å²) in [6.07, 6.45) is 4.87. The normalized spacial score (nSPS) is 20.4. The van der Waals surface area contributed by atoms with Gasteiger partial charge in [0.05, 0.1) is 11.6 Å². The fourth-order valence-electron chi connectivity index (χ4n) is 4.98. The molecule has 5 heteroatoms. The maximum atomic E-state index is 14.5. The Morgan fingerprint density at radius 2 is 1.87 bits per heavy atom. The summed E-state index contributed by atoms with van der Waals surface area (Å²) in [5.74, 6) is -1.04. The van der Waals surface area contributed by atoms with Crippen molar-refractivity contribution in [1.82, 2.24) is 0 Å². The number of ketones is 1. The number of hydrogen-bond donors (Lipinski definition) is 2. The van der Waals surface area contributed by atoms with Gasteiger partial charge in [0.1, 0.15) is 11.6 Å². The number of carboxylic acids is 1. The van der Waals surface area contributed by atoms with Crippen molar-refractivity contribution in [2.24, 2.45) is 11.3 Å². The fourth-order valence-corrected chi connectivity index (χ4v) is 4.98. The number of hydrogen-bond acceptors (Lipinski definition) is 3. The van der Waals surface area contributed by atoms with E-state index in [4.69, 9.17) is 0 Å². The van der Waals surface area contributed by atoms with Gasteiger partial charge in [-0.25, -0.2) is 9.18 Å². The highest BCUT2D eigenvalue weighted by Gasteiger charge is 2.36. The van der Waals surface area contributed by atoms with Crippen molar-refractivity contribution >= 4 is 17.4 Å². The molecule has 1 aliphatic carbocycles. The second-order valence-corrected chi connectivity index (χ2v) is 9.40. The first-order chi connectivity index (χ1) is 14.2. The van der Waals surface area contributed by atoms with Gasteiger partial charge in [0.15, 0.2) is 0 Å². The second kappa shape index (κ2) is 7.86. The monoisotopic (exact) mass is 409 g/mol. The Balaban J connectivity index is 1.61. The van der Waals surface area contributed by atoms with Crippen LogP contribution in [0.15, 0.2) is 36.4 Å². The van der Waals surface area contributed by atoms with Crippen molar-refractivity contribution in [3.63, 3.8) is 0 Å². The molecule has 0 bridgehead atoms. The highest BCUT2D eigenvalue weighted by molar-refractivity contribution is 5.88. The molecule has 1 fully saturated rings. The van der Waals surface area contributed by atoms with Gasteiger partial charge in [-0.15, -0.1) is 0 Å². The van der Waals surface area contributed by atoms with Gasteiger partial charge in [-0.1, -0.05) is 38.8 Å². The standard InChI is InChI=1S/C25H28FNO3/c1-25(2)14-19-12-17(24(29)30)8-10-21(19)27-23(25)16-7-9-20(26)18(11-16)13-22(28)15-5-3-4-6-15/h7-12,15,23,27H,3-6,13-14H2,1-2H3,(H,29,30). The first-order valence-corrected chi connectivity index (χ1v) is 10.7. The Kier molecular flexibility index (Phi) is 5.39. The van der Waals surface area contributed by atoms with Gasteiger partial charge in [-0.3, -0.25) is 4.79 Å². The highest BCUT2D eigenvalue weighted by Crippen LogP contribution is 2.45. The first-order valence-electron chi connectivity index (χ1n) is 10.7. The molecule has 2 aliphatic rings. The lowest BCUT2D eigenvalue weighted by Gasteiger charge is -2.41. The molecule has 0 amide bonds. The maximum Gasteiger partial charge on any atom is 0.335 e. The van der Waals surface area contributed by atoms with Crippen LogP contribution in [0.25, 0.3) is 0 Å². The average Bonchev–Trinajstić information content (AvgIpc) is 3.23. The Morgan fingerprint density at radius 1 is 1.13 bits per heavy atom. The Morgan fingerprint density at radius 3 is 2.57 bits per heavy atom. The number of benzene rings is 2. The van der Waals surface area contributed by atoms with Crippen molar-refractivity contribution in [2.75, 3.05) is 5.32 Å². The molecule has 1 saturated carbocycles. The third-order valence-corrected chi connectivity index (χ3v) is 6.66. The van der Waals surface area contributed by atoms with Crippen LogP contribution in [-0.2, 0) is 17.6 Å². The zero-order valence-corrected chi connectivity index (χ0v) is 17.5. The summed E-state index contributed by atoms with van der Waals surface area (Å²) < 4.78 is 14.5. The minimum atomic E-state index is -0.937. The fraction of sp³-hybridized carbons (Fsp3) is 0.440. The van der Waals surface area contributed by atoms with E-state index in [1.807, 2.05) is 6.07 Å². The van der Waals surface area contributed by atoms with Crippen LogP contribution in [0.1, 0.15) is 72.6 Å². The molecule has 2 aromatic carbocycles. The number of halogens is 1. The third-order valence-electron chi connectivity index (χ3n) is 6.66. The molecule has 1 heterocycles. The van der Waals surface area contributed by atoms with Crippen LogP contribution < -0.4 is 5.32 Å². The molecule has 0 radical (unpaired) electrons. The van der Waals surface area contributed by atoms with Gasteiger partial charge in [-0.2, -0.15) is 0 Å². The zero-order chi connectivity index (χ0) is 21.5.